The van der Waals surface area contributed by atoms with Crippen LogP contribution in [0.15, 0.2) is 52.2 Å². The third-order valence-corrected chi connectivity index (χ3v) is 4.05. The molecule has 0 unspecified atom stereocenters. The van der Waals surface area contributed by atoms with E-state index in [0.29, 0.717) is 22.4 Å². The average Bonchev–Trinajstić information content (AvgIpc) is 3.23. The Morgan fingerprint density at radius 1 is 1.26 bits per heavy atom. The van der Waals surface area contributed by atoms with Crippen LogP contribution in [0.4, 0.5) is 18.9 Å². The van der Waals surface area contributed by atoms with Crippen LogP contribution >= 0.6 is 11.8 Å². The van der Waals surface area contributed by atoms with E-state index in [2.05, 4.69) is 20.3 Å². The molecule has 2 aromatic heterocycles. The minimum atomic E-state index is -4.77. The summed E-state index contributed by atoms with van der Waals surface area (Å²) in [5.41, 5.74) is 0.320. The second-order valence-corrected chi connectivity index (χ2v) is 6.01. The number of nitrogen functional groups attached to an aromatic ring is 1. The summed E-state index contributed by atoms with van der Waals surface area (Å²) < 4.78 is 46.5. The Labute approximate surface area is 154 Å². The van der Waals surface area contributed by atoms with E-state index in [4.69, 9.17) is 10.3 Å². The van der Waals surface area contributed by atoms with Crippen molar-refractivity contribution in [3.05, 3.63) is 42.7 Å². The van der Waals surface area contributed by atoms with Crippen LogP contribution in [-0.4, -0.2) is 32.9 Å². The molecule has 3 N–H and O–H groups in total. The summed E-state index contributed by atoms with van der Waals surface area (Å²) >= 11 is 1.04. The standard InChI is InChI=1S/C15H12F3N5O3S/c16-15(17,18)26-10-5-3-9(4-6-10)20-12(24)8-27-14-22-21-13(23(14)19)11-2-1-7-25-11/h1-7H,8,19H2,(H,20,24). The smallest absolute Gasteiger partial charge is 0.461 e. The van der Waals surface area contributed by atoms with Crippen LogP contribution in [-0.2, 0) is 4.79 Å². The summed E-state index contributed by atoms with van der Waals surface area (Å²) in [6.07, 6.45) is -3.30. The highest BCUT2D eigenvalue weighted by Crippen LogP contribution is 2.25. The van der Waals surface area contributed by atoms with Gasteiger partial charge < -0.3 is 20.3 Å². The van der Waals surface area contributed by atoms with Crippen LogP contribution in [0.2, 0.25) is 0 Å². The average molecular weight is 399 g/mol. The number of furan rings is 1. The van der Waals surface area contributed by atoms with Crippen molar-refractivity contribution in [2.45, 2.75) is 11.5 Å². The number of hydrogen-bond donors (Lipinski definition) is 2. The van der Waals surface area contributed by atoms with E-state index in [-0.39, 0.29) is 11.5 Å². The first kappa shape index (κ1) is 18.6. The van der Waals surface area contributed by atoms with E-state index in [1.165, 1.54) is 23.1 Å². The molecule has 0 atom stereocenters. The Hall–Kier alpha value is -3.15. The van der Waals surface area contributed by atoms with Crippen LogP contribution in [0.25, 0.3) is 11.6 Å². The molecule has 8 nitrogen and oxygen atoms in total. The molecule has 2 heterocycles. The SMILES string of the molecule is Nn1c(SCC(=O)Nc2ccc(OC(F)(F)F)cc2)nnc1-c1ccco1. The molecule has 0 aliphatic carbocycles. The lowest BCUT2D eigenvalue weighted by molar-refractivity contribution is -0.274. The molecule has 0 radical (unpaired) electrons. The lowest BCUT2D eigenvalue weighted by Gasteiger charge is -2.09. The summed E-state index contributed by atoms with van der Waals surface area (Å²) in [5.74, 6) is 5.81. The quantitative estimate of drug-likeness (QED) is 0.485. The number of carbonyl (C=O) groups excluding carboxylic acids is 1. The van der Waals surface area contributed by atoms with Gasteiger partial charge in [-0.15, -0.1) is 23.4 Å². The first-order valence-corrected chi connectivity index (χ1v) is 8.33. The molecule has 0 saturated carbocycles. The van der Waals surface area contributed by atoms with Gasteiger partial charge in [-0.2, -0.15) is 0 Å². The number of aromatic nitrogens is 3. The normalized spacial score (nSPS) is 11.4. The maximum absolute atomic E-state index is 12.1. The number of thioether (sulfide) groups is 1. The van der Waals surface area contributed by atoms with Crippen molar-refractivity contribution in [3.8, 4) is 17.3 Å². The molecule has 0 aliphatic rings. The minimum Gasteiger partial charge on any atom is -0.461 e. The molecule has 1 amide bonds. The maximum Gasteiger partial charge on any atom is 0.573 e. The molecule has 142 valence electrons. The number of nitrogens with zero attached hydrogens (tertiary/aromatic N) is 3. The number of hydrogen-bond acceptors (Lipinski definition) is 7. The van der Waals surface area contributed by atoms with Gasteiger partial charge in [-0.25, -0.2) is 4.68 Å². The van der Waals surface area contributed by atoms with E-state index in [1.807, 2.05) is 0 Å². The van der Waals surface area contributed by atoms with Crippen molar-refractivity contribution < 1.29 is 27.1 Å². The summed E-state index contributed by atoms with van der Waals surface area (Å²) in [4.78, 5) is 12.0. The molecule has 0 bridgehead atoms. The fourth-order valence-corrected chi connectivity index (χ4v) is 2.67. The van der Waals surface area contributed by atoms with Crippen LogP contribution < -0.4 is 15.9 Å². The van der Waals surface area contributed by atoms with Crippen LogP contribution in [0.5, 0.6) is 5.75 Å². The van der Waals surface area contributed by atoms with E-state index in [1.54, 1.807) is 12.1 Å². The van der Waals surface area contributed by atoms with Gasteiger partial charge in [0.2, 0.25) is 16.9 Å². The summed E-state index contributed by atoms with van der Waals surface area (Å²) in [7, 11) is 0. The fourth-order valence-electron chi connectivity index (χ4n) is 2.02. The minimum absolute atomic E-state index is 0.0334. The zero-order valence-electron chi connectivity index (χ0n) is 13.4. The molecular formula is C15H12F3N5O3S. The Morgan fingerprint density at radius 2 is 2.00 bits per heavy atom. The number of anilines is 1. The van der Waals surface area contributed by atoms with Crippen LogP contribution in [0, 0.1) is 0 Å². The lowest BCUT2D eigenvalue weighted by atomic mass is 10.3. The molecule has 12 heteroatoms. The van der Waals surface area contributed by atoms with Crippen molar-refractivity contribution in [2.75, 3.05) is 16.9 Å². The molecule has 27 heavy (non-hydrogen) atoms. The monoisotopic (exact) mass is 399 g/mol. The van der Waals surface area contributed by atoms with Crippen molar-refractivity contribution in [3.63, 3.8) is 0 Å². The highest BCUT2D eigenvalue weighted by Gasteiger charge is 2.30. The predicted molar refractivity (Wildman–Crippen MR) is 90.4 cm³/mol. The van der Waals surface area contributed by atoms with Gasteiger partial charge in [0.25, 0.3) is 0 Å². The number of alkyl halides is 3. The van der Waals surface area contributed by atoms with Gasteiger partial charge in [0.15, 0.2) is 5.76 Å². The van der Waals surface area contributed by atoms with Crippen molar-refractivity contribution in [2.24, 2.45) is 0 Å². The largest absolute Gasteiger partial charge is 0.573 e. The van der Waals surface area contributed by atoms with Crippen molar-refractivity contribution >= 4 is 23.4 Å². The van der Waals surface area contributed by atoms with Gasteiger partial charge in [0.05, 0.1) is 12.0 Å². The third-order valence-electron chi connectivity index (χ3n) is 3.11. The summed E-state index contributed by atoms with van der Waals surface area (Å²) in [5, 5.41) is 10.6. The second-order valence-electron chi connectivity index (χ2n) is 5.06. The molecule has 0 saturated heterocycles. The fraction of sp³-hybridized carbons (Fsp3) is 0.133. The van der Waals surface area contributed by atoms with Crippen LogP contribution in [0.1, 0.15) is 0 Å². The molecular weight excluding hydrogens is 387 g/mol. The molecule has 0 aliphatic heterocycles. The Morgan fingerprint density at radius 3 is 2.63 bits per heavy atom. The third kappa shape index (κ3) is 4.94. The van der Waals surface area contributed by atoms with Crippen LogP contribution in [0.3, 0.4) is 0 Å². The van der Waals surface area contributed by atoms with Crippen molar-refractivity contribution in [1.29, 1.82) is 0 Å². The number of nitrogens with two attached hydrogens (primary N) is 1. The maximum atomic E-state index is 12.1. The Bertz CT molecular complexity index is 910. The second kappa shape index (κ2) is 7.61. The molecule has 3 rings (SSSR count). The molecule has 1 aromatic carbocycles. The van der Waals surface area contributed by atoms with E-state index < -0.39 is 12.3 Å². The first-order valence-electron chi connectivity index (χ1n) is 7.34. The Kier molecular flexibility index (Phi) is 5.26. The van der Waals surface area contributed by atoms with Crippen molar-refractivity contribution in [1.82, 2.24) is 14.9 Å². The number of nitrogens with one attached hydrogen (secondary N) is 1. The number of amides is 1. The summed E-state index contributed by atoms with van der Waals surface area (Å²) in [6.45, 7) is 0. The van der Waals surface area contributed by atoms with Gasteiger partial charge >= 0.3 is 6.36 Å². The Balaban J connectivity index is 1.54. The zero-order chi connectivity index (χ0) is 19.4. The van der Waals surface area contributed by atoms with E-state index in [0.717, 1.165) is 23.9 Å². The molecule has 3 aromatic rings. The number of carbonyl (C=O) groups is 1. The molecule has 0 spiro atoms. The number of rotatable bonds is 6. The van der Waals surface area contributed by atoms with Gasteiger partial charge in [-0.3, -0.25) is 4.79 Å². The summed E-state index contributed by atoms with van der Waals surface area (Å²) in [6, 6.07) is 8.13. The topological polar surface area (TPSA) is 108 Å². The lowest BCUT2D eigenvalue weighted by Crippen LogP contribution is -2.17. The number of halogens is 3. The van der Waals surface area contributed by atoms with Gasteiger partial charge in [0, 0.05) is 5.69 Å². The van der Waals surface area contributed by atoms with E-state index in [9.17, 15) is 18.0 Å². The predicted octanol–water partition coefficient (Wildman–Crippen LogP) is 2.88. The van der Waals surface area contributed by atoms with Gasteiger partial charge in [0.1, 0.15) is 5.75 Å². The highest BCUT2D eigenvalue weighted by atomic mass is 32.2. The first-order chi connectivity index (χ1) is 12.8. The zero-order valence-corrected chi connectivity index (χ0v) is 14.3. The van der Waals surface area contributed by atoms with Gasteiger partial charge in [-0.1, -0.05) is 11.8 Å². The number of ether oxygens (including phenoxy) is 1. The number of benzene rings is 1. The molecule has 0 fully saturated rings. The van der Waals surface area contributed by atoms with E-state index >= 15 is 0 Å². The highest BCUT2D eigenvalue weighted by molar-refractivity contribution is 7.99. The van der Waals surface area contributed by atoms with Gasteiger partial charge in [-0.05, 0) is 36.4 Å².